The van der Waals surface area contributed by atoms with Gasteiger partial charge in [0.2, 0.25) is 0 Å². The van der Waals surface area contributed by atoms with E-state index in [9.17, 15) is 0 Å². The van der Waals surface area contributed by atoms with Crippen LogP contribution in [0.4, 0.5) is 11.5 Å². The molecule has 2 N–H and O–H groups in total. The van der Waals surface area contributed by atoms with E-state index < -0.39 is 18.3 Å². The average Bonchev–Trinajstić information content (AvgIpc) is 2.83. The van der Waals surface area contributed by atoms with E-state index in [-0.39, 0.29) is 0 Å². The smallest absolute Gasteiger partial charge is 0.399 e. The van der Waals surface area contributed by atoms with Crippen LogP contribution in [0.25, 0.3) is 0 Å². The van der Waals surface area contributed by atoms with E-state index in [1.165, 1.54) is 6.21 Å². The van der Waals surface area contributed by atoms with Gasteiger partial charge < -0.3 is 20.0 Å². The second kappa shape index (κ2) is 6.81. The van der Waals surface area contributed by atoms with Gasteiger partial charge in [0, 0.05) is 23.7 Å². The Morgan fingerprint density at radius 3 is 2.46 bits per heavy atom. The highest BCUT2D eigenvalue weighted by atomic mass is 16.7. The van der Waals surface area contributed by atoms with E-state index in [1.807, 2.05) is 52.8 Å². The molecule has 2 heterocycles. The zero-order chi connectivity index (χ0) is 18.9. The van der Waals surface area contributed by atoms with Crippen LogP contribution in [0.2, 0.25) is 0 Å². The van der Waals surface area contributed by atoms with E-state index in [2.05, 4.69) is 15.3 Å². The van der Waals surface area contributed by atoms with Gasteiger partial charge in [0.1, 0.15) is 5.82 Å². The third kappa shape index (κ3) is 3.50. The molecule has 1 saturated heterocycles. The fourth-order valence-electron chi connectivity index (χ4n) is 2.71. The maximum absolute atomic E-state index is 7.67. The largest absolute Gasteiger partial charge is 0.494 e. The molecule has 0 amide bonds. The summed E-state index contributed by atoms with van der Waals surface area (Å²) in [5.41, 5.74) is 2.55. The van der Waals surface area contributed by atoms with Gasteiger partial charge >= 0.3 is 7.12 Å². The third-order valence-corrected chi connectivity index (χ3v) is 5.07. The van der Waals surface area contributed by atoms with Crippen LogP contribution < -0.4 is 10.8 Å². The molecule has 1 aliphatic rings. The van der Waals surface area contributed by atoms with Crippen molar-refractivity contribution in [2.45, 2.75) is 52.2 Å². The SMILES string of the molecule is CCc1cncc(Nc2cc(B3OC(C)(C)C(C)(C)O3)ccc2C=N)n1. The van der Waals surface area contributed by atoms with E-state index in [0.717, 1.165) is 28.8 Å². The highest BCUT2D eigenvalue weighted by Crippen LogP contribution is 2.36. The molecule has 1 aliphatic heterocycles. The molecular formula is C19H25BN4O2. The zero-order valence-electron chi connectivity index (χ0n) is 16.0. The van der Waals surface area contributed by atoms with E-state index in [0.29, 0.717) is 5.82 Å². The van der Waals surface area contributed by atoms with Crippen molar-refractivity contribution < 1.29 is 9.31 Å². The molecule has 7 heteroatoms. The second-order valence-electron chi connectivity index (χ2n) is 7.45. The van der Waals surface area contributed by atoms with Crippen LogP contribution in [-0.4, -0.2) is 34.5 Å². The lowest BCUT2D eigenvalue weighted by molar-refractivity contribution is 0.00578. The van der Waals surface area contributed by atoms with E-state index >= 15 is 0 Å². The fourth-order valence-corrected chi connectivity index (χ4v) is 2.71. The van der Waals surface area contributed by atoms with Crippen LogP contribution in [0, 0.1) is 5.41 Å². The predicted molar refractivity (Wildman–Crippen MR) is 105 cm³/mol. The van der Waals surface area contributed by atoms with Gasteiger partial charge in [-0.3, -0.25) is 4.98 Å². The van der Waals surface area contributed by atoms with Crippen LogP contribution in [0.1, 0.15) is 45.9 Å². The van der Waals surface area contributed by atoms with Gasteiger partial charge in [0.05, 0.1) is 23.1 Å². The van der Waals surface area contributed by atoms with Gasteiger partial charge in [-0.05, 0) is 45.6 Å². The first-order chi connectivity index (χ1) is 12.3. The van der Waals surface area contributed by atoms with Crippen molar-refractivity contribution in [2.75, 3.05) is 5.32 Å². The molecule has 26 heavy (non-hydrogen) atoms. The molecule has 0 radical (unpaired) electrons. The summed E-state index contributed by atoms with van der Waals surface area (Å²) in [5, 5.41) is 10.9. The highest BCUT2D eigenvalue weighted by Gasteiger charge is 2.51. The minimum absolute atomic E-state index is 0.396. The number of rotatable bonds is 5. The number of nitrogens with zero attached hydrogens (tertiary/aromatic N) is 2. The summed E-state index contributed by atoms with van der Waals surface area (Å²) in [5.74, 6) is 0.651. The van der Waals surface area contributed by atoms with Crippen molar-refractivity contribution in [1.29, 1.82) is 5.41 Å². The van der Waals surface area contributed by atoms with Gasteiger partial charge in [-0.2, -0.15) is 0 Å². The zero-order valence-corrected chi connectivity index (χ0v) is 16.0. The van der Waals surface area contributed by atoms with Gasteiger partial charge in [-0.25, -0.2) is 4.98 Å². The number of aromatic nitrogens is 2. The molecule has 1 aromatic heterocycles. The Balaban J connectivity index is 1.91. The summed E-state index contributed by atoms with van der Waals surface area (Å²) in [6.45, 7) is 10.2. The minimum atomic E-state index is -0.451. The molecule has 136 valence electrons. The Labute approximate surface area is 155 Å². The monoisotopic (exact) mass is 352 g/mol. The average molecular weight is 352 g/mol. The number of aryl methyl sites for hydroxylation is 1. The Kier molecular flexibility index (Phi) is 4.86. The summed E-state index contributed by atoms with van der Waals surface area (Å²) in [7, 11) is -0.451. The lowest BCUT2D eigenvalue weighted by atomic mass is 9.78. The molecule has 0 unspecified atom stereocenters. The molecular weight excluding hydrogens is 327 g/mol. The maximum atomic E-state index is 7.67. The molecule has 0 atom stereocenters. The first-order valence-corrected chi connectivity index (χ1v) is 8.84. The van der Waals surface area contributed by atoms with E-state index in [4.69, 9.17) is 14.7 Å². The van der Waals surface area contributed by atoms with Crippen LogP contribution in [0.5, 0.6) is 0 Å². The van der Waals surface area contributed by atoms with Crippen molar-refractivity contribution in [3.63, 3.8) is 0 Å². The fraction of sp³-hybridized carbons (Fsp3) is 0.421. The summed E-state index contributed by atoms with van der Waals surface area (Å²) in [6, 6.07) is 5.76. The topological polar surface area (TPSA) is 80.1 Å². The van der Waals surface area contributed by atoms with Gasteiger partial charge in [-0.1, -0.05) is 19.1 Å². The quantitative estimate of drug-likeness (QED) is 0.639. The molecule has 0 aliphatic carbocycles. The van der Waals surface area contributed by atoms with Gasteiger partial charge in [0.15, 0.2) is 0 Å². The lowest BCUT2D eigenvalue weighted by Gasteiger charge is -2.32. The van der Waals surface area contributed by atoms with Crippen LogP contribution in [-0.2, 0) is 15.7 Å². The maximum Gasteiger partial charge on any atom is 0.494 e. The van der Waals surface area contributed by atoms with Crippen molar-refractivity contribution in [3.8, 4) is 0 Å². The van der Waals surface area contributed by atoms with Crippen LogP contribution >= 0.6 is 0 Å². The molecule has 1 aromatic carbocycles. The third-order valence-electron chi connectivity index (χ3n) is 5.07. The Morgan fingerprint density at radius 1 is 1.15 bits per heavy atom. The molecule has 6 nitrogen and oxygen atoms in total. The Bertz CT molecular complexity index is 807. The molecule has 0 saturated carbocycles. The van der Waals surface area contributed by atoms with Crippen molar-refractivity contribution >= 4 is 30.3 Å². The highest BCUT2D eigenvalue weighted by molar-refractivity contribution is 6.62. The van der Waals surface area contributed by atoms with Crippen LogP contribution in [0.3, 0.4) is 0 Å². The van der Waals surface area contributed by atoms with Gasteiger partial charge in [-0.15, -0.1) is 0 Å². The number of hydrogen-bond donors (Lipinski definition) is 2. The van der Waals surface area contributed by atoms with Crippen molar-refractivity contribution in [2.24, 2.45) is 0 Å². The summed E-state index contributed by atoms with van der Waals surface area (Å²) in [4.78, 5) is 8.74. The number of anilines is 2. The first kappa shape index (κ1) is 18.5. The number of nitrogens with one attached hydrogen (secondary N) is 2. The molecule has 0 spiro atoms. The Hall–Kier alpha value is -2.25. The number of benzene rings is 1. The summed E-state index contributed by atoms with van der Waals surface area (Å²) < 4.78 is 12.3. The lowest BCUT2D eigenvalue weighted by Crippen LogP contribution is -2.41. The molecule has 3 rings (SSSR count). The molecule has 2 aromatic rings. The standard InChI is InChI=1S/C19H25BN4O2/c1-6-15-11-22-12-17(23-15)24-16-9-14(8-7-13(16)10-21)20-25-18(2,3)19(4,5)26-20/h7-12,21H,6H2,1-5H3,(H,23,24). The molecule has 1 fully saturated rings. The summed E-state index contributed by atoms with van der Waals surface area (Å²) >= 11 is 0. The normalized spacial score (nSPS) is 18.0. The van der Waals surface area contributed by atoms with Crippen molar-refractivity contribution in [1.82, 2.24) is 9.97 Å². The van der Waals surface area contributed by atoms with Gasteiger partial charge in [0.25, 0.3) is 0 Å². The molecule has 0 bridgehead atoms. The minimum Gasteiger partial charge on any atom is -0.399 e. The van der Waals surface area contributed by atoms with Crippen molar-refractivity contribution in [3.05, 3.63) is 41.9 Å². The predicted octanol–water partition coefficient (Wildman–Crippen LogP) is 3.08. The number of hydrogen-bond acceptors (Lipinski definition) is 6. The first-order valence-electron chi connectivity index (χ1n) is 8.84. The Morgan fingerprint density at radius 2 is 1.85 bits per heavy atom. The van der Waals surface area contributed by atoms with E-state index in [1.54, 1.807) is 12.4 Å². The second-order valence-corrected chi connectivity index (χ2v) is 7.45. The summed E-state index contributed by atoms with van der Waals surface area (Å²) in [6.07, 6.45) is 5.55. The van der Waals surface area contributed by atoms with Crippen LogP contribution in [0.15, 0.2) is 30.6 Å².